The Hall–Kier alpha value is -0.580. The normalized spacial score (nSPS) is 19.9. The number of aromatic nitrogens is 1. The van der Waals surface area contributed by atoms with Crippen LogP contribution < -0.4 is 0 Å². The fourth-order valence-electron chi connectivity index (χ4n) is 1.50. The van der Waals surface area contributed by atoms with Gasteiger partial charge in [0, 0.05) is 18.7 Å². The minimum atomic E-state index is 0.0831. The van der Waals surface area contributed by atoms with Crippen LogP contribution in [0.25, 0.3) is 0 Å². The molecule has 0 N–H and O–H groups in total. The Morgan fingerprint density at radius 1 is 1.62 bits per heavy atom. The Kier molecular flexibility index (Phi) is 4.21. The predicted molar refractivity (Wildman–Crippen MR) is 63.9 cm³/mol. The highest BCUT2D eigenvalue weighted by Crippen LogP contribution is 2.21. The molecule has 0 aromatic carbocycles. The number of carbonyl (C=O) groups is 1. The quantitative estimate of drug-likeness (QED) is 0.777. The molecule has 0 radical (unpaired) electrons. The Bertz CT molecular complexity index is 363. The third kappa shape index (κ3) is 3.20. The van der Waals surface area contributed by atoms with Gasteiger partial charge in [-0.15, -0.1) is 0 Å². The molecule has 1 aromatic heterocycles. The zero-order valence-corrected chi connectivity index (χ0v) is 10.3. The van der Waals surface area contributed by atoms with Gasteiger partial charge in [-0.05, 0) is 18.6 Å². The maximum Gasteiger partial charge on any atom is 0.148 e. The van der Waals surface area contributed by atoms with Gasteiger partial charge >= 0.3 is 0 Å². The van der Waals surface area contributed by atoms with E-state index in [0.29, 0.717) is 24.0 Å². The standard InChI is InChI=1S/C11H12ClNO2S/c12-9-1-2-11(13-5-9)16-7-10(14)8-3-4-15-6-8/h1-2,5,8H,3-4,6-7H2. The first-order valence-corrected chi connectivity index (χ1v) is 6.47. The summed E-state index contributed by atoms with van der Waals surface area (Å²) in [7, 11) is 0. The number of ketones is 1. The van der Waals surface area contributed by atoms with Gasteiger partial charge in [0.15, 0.2) is 0 Å². The summed E-state index contributed by atoms with van der Waals surface area (Å²) in [5, 5.41) is 1.44. The third-order valence-electron chi connectivity index (χ3n) is 2.45. The number of carbonyl (C=O) groups excluding carboxylic acids is 1. The van der Waals surface area contributed by atoms with E-state index in [-0.39, 0.29) is 11.7 Å². The molecule has 0 aliphatic carbocycles. The lowest BCUT2D eigenvalue weighted by atomic mass is 10.1. The summed E-state index contributed by atoms with van der Waals surface area (Å²) in [5.41, 5.74) is 0. The number of hydrogen-bond donors (Lipinski definition) is 0. The van der Waals surface area contributed by atoms with Crippen molar-refractivity contribution in [2.75, 3.05) is 19.0 Å². The first-order chi connectivity index (χ1) is 7.75. The maximum atomic E-state index is 11.7. The van der Waals surface area contributed by atoms with Gasteiger partial charge in [0.05, 0.1) is 22.4 Å². The molecule has 1 atom stereocenters. The number of thioether (sulfide) groups is 1. The van der Waals surface area contributed by atoms with E-state index in [1.54, 1.807) is 12.3 Å². The van der Waals surface area contributed by atoms with E-state index >= 15 is 0 Å². The van der Waals surface area contributed by atoms with Crippen LogP contribution in [-0.2, 0) is 9.53 Å². The average molecular weight is 258 g/mol. The van der Waals surface area contributed by atoms with E-state index in [1.807, 2.05) is 6.07 Å². The largest absolute Gasteiger partial charge is 0.381 e. The van der Waals surface area contributed by atoms with Crippen LogP contribution in [0.2, 0.25) is 5.02 Å². The van der Waals surface area contributed by atoms with Gasteiger partial charge in [0.25, 0.3) is 0 Å². The SMILES string of the molecule is O=C(CSc1ccc(Cl)cn1)C1CCOC1. The van der Waals surface area contributed by atoms with E-state index in [2.05, 4.69) is 4.98 Å². The van der Waals surface area contributed by atoms with Crippen molar-refractivity contribution in [1.82, 2.24) is 4.98 Å². The smallest absolute Gasteiger partial charge is 0.148 e. The molecule has 5 heteroatoms. The Balaban J connectivity index is 1.82. The second kappa shape index (κ2) is 5.66. The molecule has 1 aromatic rings. The summed E-state index contributed by atoms with van der Waals surface area (Å²) in [6, 6.07) is 3.60. The van der Waals surface area contributed by atoms with Crippen molar-refractivity contribution >= 4 is 29.1 Å². The number of Topliss-reactive ketones (excluding diaryl/α,β-unsaturated/α-hetero) is 1. The van der Waals surface area contributed by atoms with Gasteiger partial charge in [-0.1, -0.05) is 23.4 Å². The second-order valence-corrected chi connectivity index (χ2v) is 5.06. The molecule has 3 nitrogen and oxygen atoms in total. The number of hydrogen-bond acceptors (Lipinski definition) is 4. The summed E-state index contributed by atoms with van der Waals surface area (Å²) < 4.78 is 5.18. The van der Waals surface area contributed by atoms with Crippen LogP contribution in [0.4, 0.5) is 0 Å². The molecule has 2 rings (SSSR count). The van der Waals surface area contributed by atoms with Crippen LogP contribution in [0.5, 0.6) is 0 Å². The summed E-state index contributed by atoms with van der Waals surface area (Å²) in [6.07, 6.45) is 2.44. The fourth-order valence-corrected chi connectivity index (χ4v) is 2.43. The van der Waals surface area contributed by atoms with Crippen LogP contribution in [0.1, 0.15) is 6.42 Å². The molecule has 1 aliphatic rings. The molecule has 86 valence electrons. The third-order valence-corrected chi connectivity index (χ3v) is 3.64. The van der Waals surface area contributed by atoms with E-state index < -0.39 is 0 Å². The minimum Gasteiger partial charge on any atom is -0.381 e. The summed E-state index contributed by atoms with van der Waals surface area (Å²) in [5.74, 6) is 0.793. The number of halogens is 1. The summed E-state index contributed by atoms with van der Waals surface area (Å²) in [4.78, 5) is 15.9. The van der Waals surface area contributed by atoms with Gasteiger partial charge in [-0.3, -0.25) is 4.79 Å². The predicted octanol–water partition coefficient (Wildman–Crippen LogP) is 2.43. The van der Waals surface area contributed by atoms with Crippen LogP contribution in [-0.4, -0.2) is 29.7 Å². The van der Waals surface area contributed by atoms with Crippen LogP contribution >= 0.6 is 23.4 Å². The number of nitrogens with zero attached hydrogens (tertiary/aromatic N) is 1. The summed E-state index contributed by atoms with van der Waals surface area (Å²) in [6.45, 7) is 1.29. The Morgan fingerprint density at radius 2 is 2.50 bits per heavy atom. The highest BCUT2D eigenvalue weighted by atomic mass is 35.5. The number of pyridine rings is 1. The molecular weight excluding hydrogens is 246 g/mol. The van der Waals surface area contributed by atoms with Crippen LogP contribution in [0.3, 0.4) is 0 Å². The monoisotopic (exact) mass is 257 g/mol. The van der Waals surface area contributed by atoms with Gasteiger partial charge < -0.3 is 4.74 Å². The molecule has 0 spiro atoms. The zero-order valence-electron chi connectivity index (χ0n) is 8.69. The van der Waals surface area contributed by atoms with Crippen LogP contribution in [0.15, 0.2) is 23.4 Å². The summed E-state index contributed by atoms with van der Waals surface area (Å²) >= 11 is 7.17. The van der Waals surface area contributed by atoms with Crippen molar-refractivity contribution in [2.45, 2.75) is 11.4 Å². The average Bonchev–Trinajstić information content (AvgIpc) is 2.81. The van der Waals surface area contributed by atoms with Crippen LogP contribution in [0, 0.1) is 5.92 Å². The molecule has 0 bridgehead atoms. The van der Waals surface area contributed by atoms with E-state index in [1.165, 1.54) is 11.8 Å². The van der Waals surface area contributed by atoms with Crippen molar-refractivity contribution in [3.63, 3.8) is 0 Å². The van der Waals surface area contributed by atoms with E-state index in [0.717, 1.165) is 11.4 Å². The molecule has 16 heavy (non-hydrogen) atoms. The lowest BCUT2D eigenvalue weighted by molar-refractivity contribution is -0.120. The van der Waals surface area contributed by atoms with Crippen molar-refractivity contribution in [3.8, 4) is 0 Å². The number of rotatable bonds is 4. The highest BCUT2D eigenvalue weighted by Gasteiger charge is 2.23. The lowest BCUT2D eigenvalue weighted by Crippen LogP contribution is -2.16. The first-order valence-electron chi connectivity index (χ1n) is 5.10. The molecule has 2 heterocycles. The van der Waals surface area contributed by atoms with Crippen molar-refractivity contribution in [3.05, 3.63) is 23.4 Å². The number of ether oxygens (including phenoxy) is 1. The van der Waals surface area contributed by atoms with E-state index in [9.17, 15) is 4.79 Å². The van der Waals surface area contributed by atoms with Gasteiger partial charge in [-0.25, -0.2) is 4.98 Å². The minimum absolute atomic E-state index is 0.0831. The van der Waals surface area contributed by atoms with Crippen molar-refractivity contribution in [1.29, 1.82) is 0 Å². The molecule has 1 saturated heterocycles. The fraction of sp³-hybridized carbons (Fsp3) is 0.455. The molecular formula is C11H12ClNO2S. The van der Waals surface area contributed by atoms with Crippen molar-refractivity contribution in [2.24, 2.45) is 5.92 Å². The zero-order chi connectivity index (χ0) is 11.4. The lowest BCUT2D eigenvalue weighted by Gasteiger charge is -2.05. The van der Waals surface area contributed by atoms with Crippen molar-refractivity contribution < 1.29 is 9.53 Å². The highest BCUT2D eigenvalue weighted by molar-refractivity contribution is 7.99. The molecule has 1 unspecified atom stereocenters. The Morgan fingerprint density at radius 3 is 3.12 bits per heavy atom. The molecule has 1 fully saturated rings. The Labute approximate surface area is 104 Å². The first kappa shape index (κ1) is 11.9. The second-order valence-electron chi connectivity index (χ2n) is 3.63. The topological polar surface area (TPSA) is 39.2 Å². The van der Waals surface area contributed by atoms with Gasteiger partial charge in [0.1, 0.15) is 5.78 Å². The van der Waals surface area contributed by atoms with Gasteiger partial charge in [0.2, 0.25) is 0 Å². The molecule has 0 saturated carbocycles. The van der Waals surface area contributed by atoms with E-state index in [4.69, 9.17) is 16.3 Å². The molecule has 0 amide bonds. The maximum absolute atomic E-state index is 11.7. The van der Waals surface area contributed by atoms with Gasteiger partial charge in [-0.2, -0.15) is 0 Å². The molecule has 1 aliphatic heterocycles.